The van der Waals surface area contributed by atoms with Crippen LogP contribution in [0.25, 0.3) is 0 Å². The van der Waals surface area contributed by atoms with Gasteiger partial charge < -0.3 is 24.6 Å². The Morgan fingerprint density at radius 2 is 1.66 bits per heavy atom. The van der Waals surface area contributed by atoms with Gasteiger partial charge in [-0.25, -0.2) is 9.59 Å². The summed E-state index contributed by atoms with van der Waals surface area (Å²) in [6.07, 6.45) is 0.702. The molecule has 3 aromatic rings. The molecular formula is C31H35N3O4. The highest BCUT2D eigenvalue weighted by Crippen LogP contribution is 2.43. The average Bonchev–Trinajstić information content (AvgIpc) is 3.21. The number of ether oxygens (including phenoxy) is 2. The van der Waals surface area contributed by atoms with Crippen molar-refractivity contribution in [2.75, 3.05) is 48.9 Å². The molecule has 0 aromatic heterocycles. The average molecular weight is 514 g/mol. The van der Waals surface area contributed by atoms with Crippen molar-refractivity contribution in [1.82, 2.24) is 0 Å². The molecule has 0 fully saturated rings. The lowest BCUT2D eigenvalue weighted by Gasteiger charge is -2.32. The zero-order valence-corrected chi connectivity index (χ0v) is 22.5. The van der Waals surface area contributed by atoms with Gasteiger partial charge in [0.1, 0.15) is 0 Å². The van der Waals surface area contributed by atoms with Gasteiger partial charge in [0.25, 0.3) is 0 Å². The van der Waals surface area contributed by atoms with Crippen LogP contribution in [0.15, 0.2) is 84.9 Å². The number of carbonyl (C=O) groups excluding carboxylic acids is 2. The van der Waals surface area contributed by atoms with Crippen LogP contribution in [0.5, 0.6) is 0 Å². The smallest absolute Gasteiger partial charge is 0.341 e. The van der Waals surface area contributed by atoms with Crippen LogP contribution in [-0.2, 0) is 20.0 Å². The number of nitrogens with zero attached hydrogens (tertiary/aromatic N) is 2. The highest BCUT2D eigenvalue weighted by atomic mass is 16.6. The zero-order chi connectivity index (χ0) is 27.3. The van der Waals surface area contributed by atoms with E-state index in [2.05, 4.69) is 23.7 Å². The molecule has 0 spiro atoms. The minimum absolute atomic E-state index is 0.340. The van der Waals surface area contributed by atoms with Crippen molar-refractivity contribution in [2.24, 2.45) is 0 Å². The normalized spacial score (nSPS) is 15.8. The second kappa shape index (κ2) is 11.4. The van der Waals surface area contributed by atoms with Crippen LogP contribution in [0.1, 0.15) is 41.8 Å². The van der Waals surface area contributed by atoms with Gasteiger partial charge in [-0.2, -0.15) is 0 Å². The molecule has 1 heterocycles. The first-order valence-corrected chi connectivity index (χ1v) is 12.8. The maximum atomic E-state index is 12.9. The third kappa shape index (κ3) is 5.52. The Morgan fingerprint density at radius 3 is 2.29 bits per heavy atom. The maximum Gasteiger partial charge on any atom is 0.341 e. The minimum atomic E-state index is -1.15. The molecule has 1 aliphatic heterocycles. The van der Waals surface area contributed by atoms with Crippen LogP contribution in [0.3, 0.4) is 0 Å². The van der Waals surface area contributed by atoms with Gasteiger partial charge in [0.15, 0.2) is 0 Å². The molecule has 0 saturated carbocycles. The minimum Gasteiger partial charge on any atom is -0.462 e. The number of hydrogen-bond donors (Lipinski definition) is 1. The first-order valence-electron chi connectivity index (χ1n) is 12.8. The molecule has 3 aromatic carbocycles. The topological polar surface area (TPSA) is 71.1 Å². The number of cyclic esters (lactones) is 1. The highest BCUT2D eigenvalue weighted by Gasteiger charge is 2.47. The van der Waals surface area contributed by atoms with Gasteiger partial charge in [-0.05, 0) is 62.7 Å². The van der Waals surface area contributed by atoms with Gasteiger partial charge in [-0.1, -0.05) is 36.9 Å². The number of carbonyl (C=O) groups is 2. The Bertz CT molecular complexity index is 1300. The number of anilines is 3. The lowest BCUT2D eigenvalue weighted by molar-refractivity contribution is -0.138. The van der Waals surface area contributed by atoms with E-state index >= 15 is 0 Å². The molecule has 0 saturated heterocycles. The van der Waals surface area contributed by atoms with Crippen LogP contribution < -0.4 is 15.1 Å². The van der Waals surface area contributed by atoms with Gasteiger partial charge in [-0.15, -0.1) is 0 Å². The van der Waals surface area contributed by atoms with E-state index in [4.69, 9.17) is 9.47 Å². The van der Waals surface area contributed by atoms with Crippen molar-refractivity contribution in [2.45, 2.75) is 26.0 Å². The SMILES string of the molecule is C=C(C)C(=O)OCCCN(CC)c1ccc(C2(Nc3ccc(N(C)C)cc3)OC(=O)c3ccccc32)cc1. The quantitative estimate of drug-likeness (QED) is 0.204. The summed E-state index contributed by atoms with van der Waals surface area (Å²) in [6, 6.07) is 23.6. The Labute approximate surface area is 224 Å². The van der Waals surface area contributed by atoms with Gasteiger partial charge in [0.05, 0.1) is 12.2 Å². The van der Waals surface area contributed by atoms with Gasteiger partial charge in [-0.3, -0.25) is 0 Å². The van der Waals surface area contributed by atoms with Crippen molar-refractivity contribution in [3.63, 3.8) is 0 Å². The first kappa shape index (κ1) is 26.8. The summed E-state index contributed by atoms with van der Waals surface area (Å²) in [5.41, 5.74) is 4.34. The third-order valence-corrected chi connectivity index (χ3v) is 6.65. The number of benzene rings is 3. The maximum absolute atomic E-state index is 12.9. The van der Waals surface area contributed by atoms with Crippen molar-refractivity contribution in [3.05, 3.63) is 102 Å². The number of esters is 2. The standard InChI is InChI=1S/C31H35N3O4/c1-6-34(20-9-21-37-29(35)22(2)3)26-16-12-23(13-17-26)31(28-11-8-7-10-27(28)30(36)38-31)32-24-14-18-25(19-15-24)33(4)5/h7-8,10-19,32H,2,6,9,20-21H2,1,3-5H3. The Morgan fingerprint density at radius 1 is 1.00 bits per heavy atom. The van der Waals surface area contributed by atoms with Gasteiger partial charge >= 0.3 is 11.9 Å². The summed E-state index contributed by atoms with van der Waals surface area (Å²) >= 11 is 0. The van der Waals surface area contributed by atoms with Crippen LogP contribution in [0, 0.1) is 0 Å². The number of fused-ring (bicyclic) bond motifs is 1. The Kier molecular flexibility index (Phi) is 8.05. The molecule has 0 aliphatic carbocycles. The van der Waals surface area contributed by atoms with Crippen LogP contribution in [0.4, 0.5) is 17.1 Å². The Balaban J connectivity index is 1.59. The predicted octanol–water partition coefficient (Wildman–Crippen LogP) is 5.57. The molecule has 7 heteroatoms. The van der Waals surface area contributed by atoms with E-state index in [1.807, 2.05) is 85.7 Å². The molecule has 1 unspecified atom stereocenters. The third-order valence-electron chi connectivity index (χ3n) is 6.65. The molecule has 0 radical (unpaired) electrons. The number of rotatable bonds is 11. The van der Waals surface area contributed by atoms with E-state index in [9.17, 15) is 9.59 Å². The molecule has 198 valence electrons. The van der Waals surface area contributed by atoms with Crippen molar-refractivity contribution >= 4 is 29.0 Å². The zero-order valence-electron chi connectivity index (χ0n) is 22.5. The van der Waals surface area contributed by atoms with Crippen molar-refractivity contribution in [1.29, 1.82) is 0 Å². The molecular weight excluding hydrogens is 478 g/mol. The summed E-state index contributed by atoms with van der Waals surface area (Å²) in [5.74, 6) is -0.723. The van der Waals surface area contributed by atoms with Crippen LogP contribution >= 0.6 is 0 Å². The molecule has 0 amide bonds. The van der Waals surface area contributed by atoms with Crippen molar-refractivity contribution < 1.29 is 19.1 Å². The lowest BCUT2D eigenvalue weighted by atomic mass is 9.92. The van der Waals surface area contributed by atoms with Gasteiger partial charge in [0, 0.05) is 60.9 Å². The molecule has 0 bridgehead atoms. The van der Waals surface area contributed by atoms with E-state index in [1.54, 1.807) is 13.0 Å². The summed E-state index contributed by atoms with van der Waals surface area (Å²) < 4.78 is 11.3. The predicted molar refractivity (Wildman–Crippen MR) is 152 cm³/mol. The highest BCUT2D eigenvalue weighted by molar-refractivity contribution is 5.96. The van der Waals surface area contributed by atoms with Gasteiger partial charge in [0.2, 0.25) is 5.72 Å². The molecule has 7 nitrogen and oxygen atoms in total. The number of hydrogen-bond acceptors (Lipinski definition) is 7. The fourth-order valence-corrected chi connectivity index (χ4v) is 4.56. The molecule has 1 aliphatic rings. The first-order chi connectivity index (χ1) is 18.2. The second-order valence-electron chi connectivity index (χ2n) is 9.58. The molecule has 1 N–H and O–H groups in total. The largest absolute Gasteiger partial charge is 0.462 e. The van der Waals surface area contributed by atoms with Crippen LogP contribution in [-0.4, -0.2) is 45.7 Å². The fourth-order valence-electron chi connectivity index (χ4n) is 4.56. The summed E-state index contributed by atoms with van der Waals surface area (Å²) in [5, 5.41) is 3.52. The number of nitrogens with one attached hydrogen (secondary N) is 1. The molecule has 4 rings (SSSR count). The Hall–Kier alpha value is -4.26. The summed E-state index contributed by atoms with van der Waals surface area (Å²) in [7, 11) is 3.99. The summed E-state index contributed by atoms with van der Waals surface area (Å²) in [4.78, 5) is 28.8. The molecule has 38 heavy (non-hydrogen) atoms. The van der Waals surface area contributed by atoms with E-state index < -0.39 is 5.72 Å². The summed E-state index contributed by atoms with van der Waals surface area (Å²) in [6.45, 7) is 9.21. The molecule has 1 atom stereocenters. The van der Waals surface area contributed by atoms with E-state index in [0.29, 0.717) is 24.2 Å². The van der Waals surface area contributed by atoms with Crippen LogP contribution in [0.2, 0.25) is 0 Å². The lowest BCUT2D eigenvalue weighted by Crippen LogP contribution is -2.37. The second-order valence-corrected chi connectivity index (χ2v) is 9.58. The van der Waals surface area contributed by atoms with E-state index in [1.165, 1.54) is 0 Å². The van der Waals surface area contributed by atoms with E-state index in [0.717, 1.165) is 41.3 Å². The van der Waals surface area contributed by atoms with E-state index in [-0.39, 0.29) is 11.9 Å². The fraction of sp³-hybridized carbons (Fsp3) is 0.290. The monoisotopic (exact) mass is 513 g/mol. The van der Waals surface area contributed by atoms with Crippen molar-refractivity contribution in [3.8, 4) is 0 Å².